The quantitative estimate of drug-likeness (QED) is 0.578. The summed E-state index contributed by atoms with van der Waals surface area (Å²) in [5.74, 6) is -1.44. The maximum Gasteiger partial charge on any atom is 0.220 e. The zero-order valence-electron chi connectivity index (χ0n) is 14.6. The van der Waals surface area contributed by atoms with Gasteiger partial charge in [0, 0.05) is 10.9 Å². The van der Waals surface area contributed by atoms with E-state index in [-0.39, 0.29) is 30.4 Å². The maximum atomic E-state index is 13.6. The number of benzene rings is 2. The zero-order chi connectivity index (χ0) is 19.4. The van der Waals surface area contributed by atoms with E-state index in [4.69, 9.17) is 0 Å². The summed E-state index contributed by atoms with van der Waals surface area (Å²) in [6.45, 7) is 1.81. The maximum absolute atomic E-state index is 13.6. The van der Waals surface area contributed by atoms with Gasteiger partial charge in [0.15, 0.2) is 11.6 Å². The van der Waals surface area contributed by atoms with Gasteiger partial charge in [0.25, 0.3) is 0 Å². The number of H-pyrrole nitrogens is 1. The smallest absolute Gasteiger partial charge is 0.220 e. The molecular formula is C20H18BrF2N3O. The highest BCUT2D eigenvalue weighted by Crippen LogP contribution is 2.21. The molecule has 3 aromatic rings. The van der Waals surface area contributed by atoms with Crippen molar-refractivity contribution in [1.29, 1.82) is 0 Å². The fourth-order valence-electron chi connectivity index (χ4n) is 2.70. The molecule has 2 N–H and O–H groups in total. The summed E-state index contributed by atoms with van der Waals surface area (Å²) >= 11 is 3.40. The molecule has 0 saturated heterocycles. The van der Waals surface area contributed by atoms with E-state index in [9.17, 15) is 13.6 Å². The van der Waals surface area contributed by atoms with Crippen molar-refractivity contribution in [2.75, 3.05) is 0 Å². The van der Waals surface area contributed by atoms with Crippen molar-refractivity contribution in [3.8, 4) is 11.3 Å². The summed E-state index contributed by atoms with van der Waals surface area (Å²) in [6.07, 6.45) is 1.90. The van der Waals surface area contributed by atoms with Crippen molar-refractivity contribution < 1.29 is 13.6 Å². The normalized spacial score (nSPS) is 12.0. The molecule has 4 nitrogen and oxygen atoms in total. The predicted octanol–water partition coefficient (Wildman–Crippen LogP) is 4.93. The molecule has 0 spiro atoms. The van der Waals surface area contributed by atoms with Crippen LogP contribution < -0.4 is 5.32 Å². The number of carbonyl (C=O) groups is 1. The molecule has 140 valence electrons. The van der Waals surface area contributed by atoms with Gasteiger partial charge in [0.2, 0.25) is 5.91 Å². The first-order valence-corrected chi connectivity index (χ1v) is 9.26. The van der Waals surface area contributed by atoms with E-state index >= 15 is 0 Å². The van der Waals surface area contributed by atoms with Gasteiger partial charge in [-0.2, -0.15) is 0 Å². The van der Waals surface area contributed by atoms with E-state index in [2.05, 4.69) is 31.2 Å². The second kappa shape index (κ2) is 8.43. The zero-order valence-corrected chi connectivity index (χ0v) is 16.2. The molecule has 1 atom stereocenters. The fraction of sp³-hybridized carbons (Fsp3) is 0.200. The fourth-order valence-corrected chi connectivity index (χ4v) is 2.97. The number of nitrogens with zero attached hydrogens (tertiary/aromatic N) is 1. The lowest BCUT2D eigenvalue weighted by Gasteiger charge is -2.12. The van der Waals surface area contributed by atoms with Crippen LogP contribution >= 0.6 is 15.9 Å². The largest absolute Gasteiger partial charge is 0.346 e. The van der Waals surface area contributed by atoms with Crippen LogP contribution in [0.3, 0.4) is 0 Å². The molecule has 0 aliphatic heterocycles. The summed E-state index contributed by atoms with van der Waals surface area (Å²) in [5.41, 5.74) is 2.02. The van der Waals surface area contributed by atoms with Crippen LogP contribution in [0.4, 0.5) is 8.78 Å². The summed E-state index contributed by atoms with van der Waals surface area (Å²) in [4.78, 5) is 19.7. The number of rotatable bonds is 6. The Bertz CT molecular complexity index is 941. The third-order valence-electron chi connectivity index (χ3n) is 4.19. The molecule has 0 unspecified atom stereocenters. The highest BCUT2D eigenvalue weighted by molar-refractivity contribution is 9.10. The van der Waals surface area contributed by atoms with Crippen LogP contribution in [0.1, 0.15) is 30.8 Å². The number of aromatic amines is 1. The van der Waals surface area contributed by atoms with Gasteiger partial charge in [-0.05, 0) is 42.7 Å². The molecule has 27 heavy (non-hydrogen) atoms. The van der Waals surface area contributed by atoms with E-state index in [1.165, 1.54) is 12.1 Å². The minimum atomic E-state index is -0.905. The molecule has 2 aromatic carbocycles. The summed E-state index contributed by atoms with van der Waals surface area (Å²) in [7, 11) is 0. The number of nitrogens with one attached hydrogen (secondary N) is 2. The minimum Gasteiger partial charge on any atom is -0.346 e. The lowest BCUT2D eigenvalue weighted by atomic mass is 10.1. The Labute approximate surface area is 164 Å². The first-order valence-electron chi connectivity index (χ1n) is 8.47. The van der Waals surface area contributed by atoms with Gasteiger partial charge in [-0.25, -0.2) is 13.8 Å². The average Bonchev–Trinajstić information content (AvgIpc) is 3.14. The molecule has 0 radical (unpaired) electrons. The van der Waals surface area contributed by atoms with Gasteiger partial charge < -0.3 is 10.3 Å². The first-order chi connectivity index (χ1) is 12.9. The Balaban J connectivity index is 1.58. The van der Waals surface area contributed by atoms with Gasteiger partial charge >= 0.3 is 0 Å². The molecule has 0 saturated carbocycles. The molecule has 0 aliphatic carbocycles. The Hall–Kier alpha value is -2.54. The van der Waals surface area contributed by atoms with Crippen LogP contribution in [0.15, 0.2) is 53.1 Å². The minimum absolute atomic E-state index is 0.0605. The predicted molar refractivity (Wildman–Crippen MR) is 103 cm³/mol. The van der Waals surface area contributed by atoms with Crippen molar-refractivity contribution in [2.45, 2.75) is 25.8 Å². The van der Waals surface area contributed by atoms with Crippen LogP contribution in [0.2, 0.25) is 0 Å². The molecule has 0 bridgehead atoms. The third kappa shape index (κ3) is 4.80. The SMILES string of the molecule is C[C@H](NC(=O)CCc1cccc(F)c1F)c1ncc(-c2ccc(Br)cc2)[nH]1. The van der Waals surface area contributed by atoms with Gasteiger partial charge in [0.1, 0.15) is 5.82 Å². The number of amides is 1. The summed E-state index contributed by atoms with van der Waals surface area (Å²) in [5, 5.41) is 2.82. The average molecular weight is 434 g/mol. The highest BCUT2D eigenvalue weighted by Gasteiger charge is 2.15. The van der Waals surface area contributed by atoms with Gasteiger partial charge in [0.05, 0.1) is 17.9 Å². The molecule has 0 fully saturated rings. The Morgan fingerprint density at radius 3 is 2.70 bits per heavy atom. The molecule has 7 heteroatoms. The monoisotopic (exact) mass is 433 g/mol. The van der Waals surface area contributed by atoms with Crippen molar-refractivity contribution in [3.63, 3.8) is 0 Å². The molecule has 3 rings (SSSR count). The second-order valence-corrected chi connectivity index (χ2v) is 7.11. The number of hydrogen-bond acceptors (Lipinski definition) is 2. The first kappa shape index (κ1) is 19.2. The summed E-state index contributed by atoms with van der Waals surface area (Å²) in [6, 6.07) is 11.4. The molecule has 1 heterocycles. The lowest BCUT2D eigenvalue weighted by Crippen LogP contribution is -2.27. The van der Waals surface area contributed by atoms with Crippen molar-refractivity contribution in [2.24, 2.45) is 0 Å². The van der Waals surface area contributed by atoms with Crippen LogP contribution in [0, 0.1) is 11.6 Å². The van der Waals surface area contributed by atoms with Crippen LogP contribution in [0.5, 0.6) is 0 Å². The molecule has 0 aliphatic rings. The number of aryl methyl sites for hydroxylation is 1. The molecule has 1 amide bonds. The third-order valence-corrected chi connectivity index (χ3v) is 4.72. The van der Waals surface area contributed by atoms with E-state index in [0.29, 0.717) is 5.82 Å². The highest BCUT2D eigenvalue weighted by atomic mass is 79.9. The van der Waals surface area contributed by atoms with Gasteiger partial charge in [-0.15, -0.1) is 0 Å². The molecular weight excluding hydrogens is 416 g/mol. The van der Waals surface area contributed by atoms with Crippen LogP contribution in [-0.4, -0.2) is 15.9 Å². The van der Waals surface area contributed by atoms with Crippen molar-refractivity contribution in [3.05, 3.63) is 76.2 Å². The number of hydrogen-bond donors (Lipinski definition) is 2. The van der Waals surface area contributed by atoms with E-state index in [1.807, 2.05) is 31.2 Å². The Kier molecular flexibility index (Phi) is 6.01. The van der Waals surface area contributed by atoms with Gasteiger partial charge in [-0.1, -0.05) is 40.2 Å². The molecule has 1 aromatic heterocycles. The van der Waals surface area contributed by atoms with Crippen molar-refractivity contribution >= 4 is 21.8 Å². The van der Waals surface area contributed by atoms with Crippen molar-refractivity contribution in [1.82, 2.24) is 15.3 Å². The number of imidazole rings is 1. The number of halogens is 3. The second-order valence-electron chi connectivity index (χ2n) is 6.19. The standard InChI is InChI=1S/C20H18BrF2N3O/c1-12(20-24-11-17(26-20)13-5-8-15(21)9-6-13)25-18(27)10-7-14-3-2-4-16(22)19(14)23/h2-6,8-9,11-12H,7,10H2,1H3,(H,24,26)(H,25,27)/t12-/m0/s1. The van der Waals surface area contributed by atoms with E-state index in [1.54, 1.807) is 6.20 Å². The Morgan fingerprint density at radius 1 is 1.22 bits per heavy atom. The Morgan fingerprint density at radius 2 is 1.96 bits per heavy atom. The van der Waals surface area contributed by atoms with Crippen LogP contribution in [0.25, 0.3) is 11.3 Å². The van der Waals surface area contributed by atoms with Gasteiger partial charge in [-0.3, -0.25) is 4.79 Å². The van der Waals surface area contributed by atoms with E-state index in [0.717, 1.165) is 21.8 Å². The van der Waals surface area contributed by atoms with E-state index < -0.39 is 11.6 Å². The lowest BCUT2D eigenvalue weighted by molar-refractivity contribution is -0.121. The summed E-state index contributed by atoms with van der Waals surface area (Å²) < 4.78 is 27.8. The number of aromatic nitrogens is 2. The number of carbonyl (C=O) groups excluding carboxylic acids is 1. The topological polar surface area (TPSA) is 57.8 Å². The van der Waals surface area contributed by atoms with Crippen LogP contribution in [-0.2, 0) is 11.2 Å².